The maximum absolute atomic E-state index is 11.7. The quantitative estimate of drug-likeness (QED) is 0.0230. The topological polar surface area (TPSA) is 243 Å². The zero-order chi connectivity index (χ0) is 55.8. The normalized spacial score (nSPS) is 14.3. The van der Waals surface area contributed by atoms with Gasteiger partial charge in [0.2, 0.25) is 11.6 Å². The van der Waals surface area contributed by atoms with Crippen molar-refractivity contribution in [2.75, 3.05) is 38.6 Å². The minimum absolute atomic E-state index is 0.0333. The van der Waals surface area contributed by atoms with Crippen LogP contribution in [0.25, 0.3) is 0 Å². The van der Waals surface area contributed by atoms with Gasteiger partial charge in [0.15, 0.2) is 0 Å². The number of hydrogen-bond donors (Lipinski definition) is 5. The summed E-state index contributed by atoms with van der Waals surface area (Å²) in [5.41, 5.74) is 13.3. The summed E-state index contributed by atoms with van der Waals surface area (Å²) in [6, 6.07) is 28.8. The summed E-state index contributed by atoms with van der Waals surface area (Å²) in [5, 5.41) is 7.69. The van der Waals surface area contributed by atoms with E-state index in [1.807, 2.05) is 42.5 Å². The van der Waals surface area contributed by atoms with Crippen LogP contribution in [0.15, 0.2) is 89.9 Å². The van der Waals surface area contributed by atoms with Crippen LogP contribution >= 0.6 is 167 Å². The minimum atomic E-state index is -4.67. The molecule has 403 valence electrons. The average Bonchev–Trinajstić information content (AvgIpc) is 3.53. The van der Waals surface area contributed by atoms with Crippen molar-refractivity contribution in [3.8, 4) is 0 Å². The molecule has 0 spiro atoms. The second-order valence-electron chi connectivity index (χ2n) is 13.5. The zero-order valence-electron chi connectivity index (χ0n) is 38.4. The van der Waals surface area contributed by atoms with Gasteiger partial charge < -0.3 is 20.9 Å². The molecule has 0 aromatic heterocycles. The van der Waals surface area contributed by atoms with Gasteiger partial charge in [-0.25, -0.2) is 4.79 Å². The number of nitrogens with two attached hydrogens (primary N) is 1. The Hall–Kier alpha value is -0.441. The molecule has 0 aliphatic carbocycles. The van der Waals surface area contributed by atoms with Crippen molar-refractivity contribution < 1.29 is 62.5 Å². The van der Waals surface area contributed by atoms with Gasteiger partial charge in [0, 0.05) is 59.2 Å². The number of esters is 1. The van der Waals surface area contributed by atoms with E-state index in [0.717, 1.165) is 61.6 Å². The van der Waals surface area contributed by atoms with Gasteiger partial charge in [0.25, 0.3) is 0 Å². The fraction of sp³-hybridized carbons (Fsp3) is 0.318. The molecule has 28 heteroatoms. The van der Waals surface area contributed by atoms with Gasteiger partial charge in [-0.15, -0.1) is 23.2 Å². The fourth-order valence-electron chi connectivity index (χ4n) is 6.07. The van der Waals surface area contributed by atoms with E-state index >= 15 is 0 Å². The Morgan fingerprint density at radius 3 is 1.65 bits per heavy atom. The average molecular weight is 1650 g/mol. The molecule has 0 bridgehead atoms. The molecular formula is C44H50Cl7FeI4N4O11S. The molecule has 1 atom stereocenters. The van der Waals surface area contributed by atoms with Crippen molar-refractivity contribution in [2.45, 2.75) is 52.2 Å². The number of halogens is 11. The third-order valence-electron chi connectivity index (χ3n) is 8.90. The number of nitrogens with zero attached hydrogens (tertiary/aromatic N) is 2. The third-order valence-corrected chi connectivity index (χ3v) is 13.5. The van der Waals surface area contributed by atoms with E-state index in [9.17, 15) is 24.0 Å². The Bertz CT molecular complexity index is 2490. The first-order valence-corrected chi connectivity index (χ1v) is 32.1. The number of carbonyl (C=O) groups is 5. The predicted molar refractivity (Wildman–Crippen MR) is 320 cm³/mol. The molecule has 1 unspecified atom stereocenters. The Kier molecular flexibility index (Phi) is 41.6. The molecule has 3 aliphatic rings. The Morgan fingerprint density at radius 1 is 0.792 bits per heavy atom. The Morgan fingerprint density at radius 2 is 1.22 bits per heavy atom. The van der Waals surface area contributed by atoms with Gasteiger partial charge >= 0.3 is 74.2 Å². The van der Waals surface area contributed by atoms with E-state index in [2.05, 4.69) is 173 Å². The number of aliphatic hydroxyl groups excluding tert-OH is 1. The SMILES string of the molecule is CC(=O)NCCc1ccccc1I.CC12OC(=O)C(=O)N1CCc1c(I)cccc12.CC1=NCCc2c(I)cccc21.CO.ClCCl.NCCc1ccccc1I.O=C(Cl)C(=O)Cl.O=S(=O)(O)O.[Cl][Fe]([Cl])[Cl]. The summed E-state index contributed by atoms with van der Waals surface area (Å²) < 4.78 is 42.0. The van der Waals surface area contributed by atoms with Crippen molar-refractivity contribution in [3.63, 3.8) is 0 Å². The van der Waals surface area contributed by atoms with Crippen molar-refractivity contribution in [2.24, 2.45) is 10.7 Å². The van der Waals surface area contributed by atoms with E-state index in [-0.39, 0.29) is 11.2 Å². The molecule has 6 N–H and O–H groups in total. The molecule has 4 aromatic rings. The van der Waals surface area contributed by atoms with Crippen LogP contribution in [0.2, 0.25) is 0 Å². The van der Waals surface area contributed by atoms with Gasteiger partial charge in [-0.05, 0) is 212 Å². The summed E-state index contributed by atoms with van der Waals surface area (Å²) in [6.45, 7) is 8.36. The number of hydrogen-bond acceptors (Lipinski definition) is 11. The van der Waals surface area contributed by atoms with Crippen molar-refractivity contribution in [1.82, 2.24) is 10.2 Å². The van der Waals surface area contributed by atoms with Crippen LogP contribution in [0.3, 0.4) is 0 Å². The summed E-state index contributed by atoms with van der Waals surface area (Å²) in [4.78, 5) is 58.5. The first-order chi connectivity index (χ1) is 33.7. The summed E-state index contributed by atoms with van der Waals surface area (Å²) in [6.07, 6.45) is 3.76. The molecule has 0 radical (unpaired) electrons. The number of aliphatic imine (C=N–C) groups is 1. The van der Waals surface area contributed by atoms with Crippen molar-refractivity contribution >= 4 is 211 Å². The summed E-state index contributed by atoms with van der Waals surface area (Å²) in [7, 11) is 11.0. The zero-order valence-corrected chi connectivity index (χ0v) is 54.3. The van der Waals surface area contributed by atoms with Crippen molar-refractivity contribution in [1.29, 1.82) is 0 Å². The molecule has 15 nitrogen and oxygen atoms in total. The monoisotopic (exact) mass is 1650 g/mol. The van der Waals surface area contributed by atoms with Crippen LogP contribution in [-0.4, -0.2) is 100 Å². The second-order valence-corrected chi connectivity index (χ2v) is 26.0. The van der Waals surface area contributed by atoms with E-state index in [1.165, 1.54) is 56.1 Å². The van der Waals surface area contributed by atoms with E-state index in [4.69, 9.17) is 86.6 Å². The van der Waals surface area contributed by atoms with Gasteiger partial charge in [-0.2, -0.15) is 8.42 Å². The predicted octanol–water partition coefficient (Wildman–Crippen LogP) is 10.8. The first-order valence-electron chi connectivity index (χ1n) is 20.0. The van der Waals surface area contributed by atoms with Crippen LogP contribution in [0.5, 0.6) is 0 Å². The van der Waals surface area contributed by atoms with Crippen LogP contribution in [-0.2, 0) is 81.7 Å². The Balaban J connectivity index is 0. The number of ether oxygens (including phenoxy) is 1. The van der Waals surface area contributed by atoms with Gasteiger partial charge in [-0.1, -0.05) is 60.7 Å². The number of rotatable bonds is 6. The van der Waals surface area contributed by atoms with Crippen LogP contribution in [0.4, 0.5) is 0 Å². The Labute approximate surface area is 511 Å². The molecule has 3 heterocycles. The maximum atomic E-state index is 11.7. The van der Waals surface area contributed by atoms with Gasteiger partial charge in [0.05, 0.1) is 5.34 Å². The number of amides is 2. The van der Waals surface area contributed by atoms with E-state index in [0.29, 0.717) is 6.54 Å². The molecule has 1 saturated heterocycles. The first kappa shape index (κ1) is 73.6. The van der Waals surface area contributed by atoms with Gasteiger partial charge in [0.1, 0.15) is 0 Å². The van der Waals surface area contributed by atoms with E-state index < -0.39 is 49.7 Å². The van der Waals surface area contributed by atoms with Crippen LogP contribution in [0, 0.1) is 14.3 Å². The number of fused-ring (bicyclic) bond motifs is 4. The number of nitrogens with one attached hydrogen (secondary N) is 1. The summed E-state index contributed by atoms with van der Waals surface area (Å²) >= 11 is 26.5. The third kappa shape index (κ3) is 31.1. The van der Waals surface area contributed by atoms with Crippen LogP contribution in [0.1, 0.15) is 54.2 Å². The van der Waals surface area contributed by atoms with E-state index in [1.54, 1.807) is 6.92 Å². The van der Waals surface area contributed by atoms with Crippen LogP contribution < -0.4 is 11.1 Å². The number of aliphatic hydroxyl groups is 1. The molecule has 2 amide bonds. The van der Waals surface area contributed by atoms with Crippen molar-refractivity contribution in [3.05, 3.63) is 133 Å². The molecule has 0 saturated carbocycles. The standard InChI is InChI=1S/C12H10INO3.C10H12INO.C10H10IN.C8H10IN.C2Cl2O2.CH2Cl2.CH4O.3ClH.Fe.H2O4S/c1-12-8-3-2-4-9(13)7(8)5-6-14(12)10(15)11(16)17-12;1-8(13)12-7-6-9-4-2-3-5-10(9)11;1-7-8-3-2-4-10(11)9(8)5-6-12-7;9-8-4-2-1-3-7(8)5-6-10;3-1(5)2(4)6;2-1-3;1-2;;;;;1-5(2,3)4/h2-4H,5-6H2,1H3;2-5H,6-7H2,1H3,(H,12,13);2-4H,5-6H2,1H3;1-4H,5-6,10H2;;1H2;2H,1H3;3*1H;;(H2,1,2,3,4)/q;;;;;;;;;;+3;/p-3. The molecule has 7 rings (SSSR count). The molecule has 4 aromatic carbocycles. The molecule has 3 aliphatic heterocycles. The van der Waals surface area contributed by atoms with Gasteiger partial charge in [-0.3, -0.25) is 38.2 Å². The number of alkyl halides is 2. The second kappa shape index (κ2) is 40.7. The summed E-state index contributed by atoms with van der Waals surface area (Å²) in [5.74, 6) is -1.25. The number of benzene rings is 4. The molecule has 72 heavy (non-hydrogen) atoms. The number of carbonyl (C=O) groups excluding carboxylic acids is 5. The molecular weight excluding hydrogens is 1600 g/mol. The fourth-order valence-corrected chi connectivity index (χ4v) is 8.92. The molecule has 1 fully saturated rings.